The van der Waals surface area contributed by atoms with Crippen molar-refractivity contribution in [3.63, 3.8) is 0 Å². The number of rotatable bonds is 1. The van der Waals surface area contributed by atoms with Gasteiger partial charge >= 0.3 is 5.97 Å². The molecule has 0 amide bonds. The maximum Gasteiger partial charge on any atom is 0.337 e. The van der Waals surface area contributed by atoms with Crippen molar-refractivity contribution in [3.05, 3.63) is 52.9 Å². The molecule has 0 bridgehead atoms. The molecule has 4 rings (SSSR count). The van der Waals surface area contributed by atoms with Gasteiger partial charge in [0.1, 0.15) is 0 Å². The lowest BCUT2D eigenvalue weighted by Gasteiger charge is -2.05. The largest absolute Gasteiger partial charge is 0.465 e. The van der Waals surface area contributed by atoms with Crippen molar-refractivity contribution in [2.24, 2.45) is 0 Å². The average molecular weight is 307 g/mol. The van der Waals surface area contributed by atoms with Crippen LogP contribution < -0.4 is 0 Å². The van der Waals surface area contributed by atoms with Gasteiger partial charge < -0.3 is 4.74 Å². The molecule has 0 saturated carbocycles. The number of esters is 1. The quantitative estimate of drug-likeness (QED) is 0.378. The molecular weight excluding hydrogens is 294 g/mol. The minimum Gasteiger partial charge on any atom is -0.465 e. The zero-order chi connectivity index (χ0) is 15.3. The number of ether oxygens (including phenoxy) is 1. The fourth-order valence-electron chi connectivity index (χ4n) is 2.79. The van der Waals surface area contributed by atoms with Gasteiger partial charge in [0.05, 0.1) is 23.7 Å². The molecule has 0 fully saturated rings. The van der Waals surface area contributed by atoms with Crippen LogP contribution in [-0.2, 0) is 4.74 Å². The second kappa shape index (κ2) is 4.78. The molecule has 4 aromatic rings. The van der Waals surface area contributed by atoms with Gasteiger partial charge in [-0.3, -0.25) is 0 Å². The summed E-state index contributed by atoms with van der Waals surface area (Å²) in [5.74, 6) is -0.328. The zero-order valence-corrected chi connectivity index (χ0v) is 13.0. The van der Waals surface area contributed by atoms with Gasteiger partial charge in [-0.05, 0) is 43.3 Å². The van der Waals surface area contributed by atoms with E-state index in [0.29, 0.717) is 5.56 Å². The molecule has 0 saturated heterocycles. The summed E-state index contributed by atoms with van der Waals surface area (Å²) in [7, 11) is 1.39. The number of aromatic nitrogens is 1. The maximum atomic E-state index is 11.7. The molecule has 0 radical (unpaired) electrons. The number of pyridine rings is 1. The topological polar surface area (TPSA) is 39.2 Å². The molecule has 0 unspecified atom stereocenters. The lowest BCUT2D eigenvalue weighted by molar-refractivity contribution is 0.0601. The van der Waals surface area contributed by atoms with Crippen LogP contribution in [0.2, 0.25) is 0 Å². The Labute approximate surface area is 131 Å². The standard InChI is InChI=1S/C18H13NO2S/c1-10-7-14-16(22-10)6-4-11-8-13-9-12(18(20)21-2)3-5-15(13)19-17(11)14/h3-9H,1-2H3. The van der Waals surface area contributed by atoms with Crippen LogP contribution in [0.15, 0.2) is 42.5 Å². The van der Waals surface area contributed by atoms with Gasteiger partial charge in [0.15, 0.2) is 0 Å². The molecule has 2 aromatic heterocycles. The maximum absolute atomic E-state index is 11.7. The summed E-state index contributed by atoms with van der Waals surface area (Å²) in [6.45, 7) is 2.11. The Hall–Kier alpha value is -2.46. The first-order chi connectivity index (χ1) is 10.7. The molecule has 2 heterocycles. The summed E-state index contributed by atoms with van der Waals surface area (Å²) in [5.41, 5.74) is 2.44. The van der Waals surface area contributed by atoms with E-state index >= 15 is 0 Å². The Morgan fingerprint density at radius 2 is 1.95 bits per heavy atom. The third-order valence-electron chi connectivity index (χ3n) is 3.82. The highest BCUT2D eigenvalue weighted by Crippen LogP contribution is 2.32. The molecule has 0 atom stereocenters. The second-order valence-corrected chi connectivity index (χ2v) is 6.58. The number of carbonyl (C=O) groups excluding carboxylic acids is 1. The highest BCUT2D eigenvalue weighted by Gasteiger charge is 2.10. The van der Waals surface area contributed by atoms with E-state index in [4.69, 9.17) is 9.72 Å². The van der Waals surface area contributed by atoms with Crippen LogP contribution in [0.1, 0.15) is 15.2 Å². The predicted octanol–water partition coefficient (Wildman–Crippen LogP) is 4.70. The van der Waals surface area contributed by atoms with E-state index in [-0.39, 0.29) is 5.97 Å². The zero-order valence-electron chi connectivity index (χ0n) is 12.2. The number of fused-ring (bicyclic) bond motifs is 4. The van der Waals surface area contributed by atoms with Crippen LogP contribution in [0.25, 0.3) is 31.9 Å². The summed E-state index contributed by atoms with van der Waals surface area (Å²) in [4.78, 5) is 17.7. The van der Waals surface area contributed by atoms with Crippen molar-refractivity contribution >= 4 is 49.2 Å². The highest BCUT2D eigenvalue weighted by molar-refractivity contribution is 7.19. The first-order valence-electron chi connectivity index (χ1n) is 6.98. The number of nitrogens with zero attached hydrogens (tertiary/aromatic N) is 1. The molecule has 0 N–H and O–H groups in total. The fourth-order valence-corrected chi connectivity index (χ4v) is 3.71. The molecule has 0 aliphatic carbocycles. The molecule has 0 aliphatic rings. The van der Waals surface area contributed by atoms with Gasteiger partial charge in [-0.2, -0.15) is 0 Å². The van der Waals surface area contributed by atoms with Crippen LogP contribution >= 0.6 is 11.3 Å². The first-order valence-corrected chi connectivity index (χ1v) is 7.79. The average Bonchev–Trinajstić information content (AvgIpc) is 2.92. The van der Waals surface area contributed by atoms with Crippen LogP contribution in [0.3, 0.4) is 0 Å². The van der Waals surface area contributed by atoms with Crippen molar-refractivity contribution in [3.8, 4) is 0 Å². The normalized spacial score (nSPS) is 11.4. The minimum absolute atomic E-state index is 0.328. The predicted molar refractivity (Wildman–Crippen MR) is 90.7 cm³/mol. The molecule has 4 heteroatoms. The van der Waals surface area contributed by atoms with Crippen molar-refractivity contribution in [1.29, 1.82) is 0 Å². The van der Waals surface area contributed by atoms with Gasteiger partial charge in [-0.15, -0.1) is 11.3 Å². The second-order valence-electron chi connectivity index (χ2n) is 5.29. The number of thiophene rings is 1. The molecule has 108 valence electrons. The van der Waals surface area contributed by atoms with Gasteiger partial charge in [0.2, 0.25) is 0 Å². The van der Waals surface area contributed by atoms with E-state index < -0.39 is 0 Å². The summed E-state index contributed by atoms with van der Waals surface area (Å²) >= 11 is 1.78. The van der Waals surface area contributed by atoms with Crippen LogP contribution in [-0.4, -0.2) is 18.1 Å². The highest BCUT2D eigenvalue weighted by atomic mass is 32.1. The van der Waals surface area contributed by atoms with Crippen molar-refractivity contribution in [1.82, 2.24) is 4.98 Å². The van der Waals surface area contributed by atoms with E-state index in [1.54, 1.807) is 17.4 Å². The smallest absolute Gasteiger partial charge is 0.337 e. The Kier molecular flexibility index (Phi) is 2.87. The number of carbonyl (C=O) groups is 1. The summed E-state index contributed by atoms with van der Waals surface area (Å²) in [6.07, 6.45) is 0. The fraction of sp³-hybridized carbons (Fsp3) is 0.111. The Morgan fingerprint density at radius 1 is 1.09 bits per heavy atom. The Balaban J connectivity index is 2.04. The van der Waals surface area contributed by atoms with E-state index in [2.05, 4.69) is 31.2 Å². The van der Waals surface area contributed by atoms with Gasteiger partial charge in [-0.25, -0.2) is 9.78 Å². The molecule has 22 heavy (non-hydrogen) atoms. The summed E-state index contributed by atoms with van der Waals surface area (Å²) in [6, 6.07) is 13.9. The Bertz CT molecular complexity index is 1050. The van der Waals surface area contributed by atoms with Crippen LogP contribution in [0.5, 0.6) is 0 Å². The Morgan fingerprint density at radius 3 is 2.77 bits per heavy atom. The number of benzene rings is 2. The lowest BCUT2D eigenvalue weighted by atomic mass is 10.1. The van der Waals surface area contributed by atoms with Gasteiger partial charge in [-0.1, -0.05) is 6.07 Å². The van der Waals surface area contributed by atoms with Crippen molar-refractivity contribution in [2.75, 3.05) is 7.11 Å². The molecule has 3 nitrogen and oxygen atoms in total. The van der Waals surface area contributed by atoms with E-state index in [1.165, 1.54) is 22.1 Å². The number of hydrogen-bond acceptors (Lipinski definition) is 4. The molecule has 0 spiro atoms. The molecule has 0 aliphatic heterocycles. The summed E-state index contributed by atoms with van der Waals surface area (Å²) in [5, 5.41) is 3.22. The SMILES string of the molecule is COC(=O)c1ccc2nc3c(ccc4sc(C)cc43)cc2c1. The van der Waals surface area contributed by atoms with Crippen molar-refractivity contribution in [2.45, 2.75) is 6.92 Å². The number of hydrogen-bond donors (Lipinski definition) is 0. The van der Waals surface area contributed by atoms with Crippen molar-refractivity contribution < 1.29 is 9.53 Å². The number of methoxy groups -OCH3 is 1. The molecule has 2 aromatic carbocycles. The third kappa shape index (κ3) is 1.96. The number of aryl methyl sites for hydroxylation is 1. The van der Waals surface area contributed by atoms with E-state index in [9.17, 15) is 4.79 Å². The van der Waals surface area contributed by atoms with E-state index in [0.717, 1.165) is 21.8 Å². The third-order valence-corrected chi connectivity index (χ3v) is 4.83. The van der Waals surface area contributed by atoms with E-state index in [1.807, 2.05) is 12.1 Å². The molecular formula is C18H13NO2S. The monoisotopic (exact) mass is 307 g/mol. The minimum atomic E-state index is -0.328. The van der Waals surface area contributed by atoms with Crippen LogP contribution in [0.4, 0.5) is 0 Å². The van der Waals surface area contributed by atoms with Gasteiger partial charge in [0.25, 0.3) is 0 Å². The first kappa shape index (κ1) is 13.2. The summed E-state index contributed by atoms with van der Waals surface area (Å²) < 4.78 is 6.03. The lowest BCUT2D eigenvalue weighted by Crippen LogP contribution is -2.00. The van der Waals surface area contributed by atoms with Gasteiger partial charge in [0, 0.05) is 25.7 Å². The van der Waals surface area contributed by atoms with Crippen LogP contribution in [0, 0.1) is 6.92 Å².